The van der Waals surface area contributed by atoms with Crippen molar-refractivity contribution in [2.75, 3.05) is 14.2 Å². The molecule has 0 spiro atoms. The largest absolute Gasteiger partial charge is 0.481 e. The summed E-state index contributed by atoms with van der Waals surface area (Å²) in [5, 5.41) is 10.8. The van der Waals surface area contributed by atoms with Crippen molar-refractivity contribution in [2.45, 2.75) is 12.5 Å². The lowest BCUT2D eigenvalue weighted by Crippen LogP contribution is -2.36. The SMILES string of the molecule is CN[C@@H](CC(=O)O)C(=O)OC.Cl. The fourth-order valence-corrected chi connectivity index (χ4v) is 0.620. The molecule has 0 rings (SSSR count). The minimum atomic E-state index is -1.03. The molecule has 0 saturated heterocycles. The summed E-state index contributed by atoms with van der Waals surface area (Å²) in [5.41, 5.74) is 0. The van der Waals surface area contributed by atoms with Gasteiger partial charge in [-0.2, -0.15) is 0 Å². The van der Waals surface area contributed by atoms with E-state index < -0.39 is 18.0 Å². The third-order valence-electron chi connectivity index (χ3n) is 1.21. The van der Waals surface area contributed by atoms with Crippen LogP contribution in [0.3, 0.4) is 0 Å². The molecule has 0 unspecified atom stereocenters. The first kappa shape index (κ1) is 13.8. The Morgan fingerprint density at radius 2 is 2.08 bits per heavy atom. The summed E-state index contributed by atoms with van der Waals surface area (Å²) in [4.78, 5) is 20.9. The van der Waals surface area contributed by atoms with Crippen molar-refractivity contribution in [3.8, 4) is 0 Å². The van der Waals surface area contributed by atoms with Gasteiger partial charge in [-0.1, -0.05) is 0 Å². The number of ether oxygens (including phenoxy) is 1. The van der Waals surface area contributed by atoms with Gasteiger partial charge in [0.2, 0.25) is 0 Å². The second-order valence-corrected chi connectivity index (χ2v) is 1.96. The van der Waals surface area contributed by atoms with E-state index in [1.54, 1.807) is 0 Å². The van der Waals surface area contributed by atoms with Crippen molar-refractivity contribution in [1.29, 1.82) is 0 Å². The van der Waals surface area contributed by atoms with Gasteiger partial charge >= 0.3 is 11.9 Å². The Balaban J connectivity index is 0. The number of likely N-dealkylation sites (N-methyl/N-ethyl adjacent to an activating group) is 1. The zero-order valence-electron chi connectivity index (χ0n) is 6.86. The van der Waals surface area contributed by atoms with Gasteiger partial charge in [0, 0.05) is 0 Å². The van der Waals surface area contributed by atoms with Gasteiger partial charge in [-0.25, -0.2) is 0 Å². The maximum Gasteiger partial charge on any atom is 0.323 e. The van der Waals surface area contributed by atoms with Crippen LogP contribution in [-0.2, 0) is 14.3 Å². The van der Waals surface area contributed by atoms with Gasteiger partial charge in [-0.15, -0.1) is 12.4 Å². The van der Waals surface area contributed by atoms with Gasteiger partial charge in [0.05, 0.1) is 13.5 Å². The molecule has 0 fully saturated rings. The Labute approximate surface area is 76.5 Å². The van der Waals surface area contributed by atoms with Crippen molar-refractivity contribution in [2.24, 2.45) is 0 Å². The number of halogens is 1. The number of hydrogen-bond donors (Lipinski definition) is 2. The number of esters is 1. The minimum absolute atomic E-state index is 0. The van der Waals surface area contributed by atoms with E-state index in [2.05, 4.69) is 10.1 Å². The highest BCUT2D eigenvalue weighted by atomic mass is 35.5. The Morgan fingerprint density at radius 1 is 1.58 bits per heavy atom. The highest BCUT2D eigenvalue weighted by molar-refractivity contribution is 5.85. The molecular weight excluding hydrogens is 186 g/mol. The molecule has 0 aliphatic rings. The summed E-state index contributed by atoms with van der Waals surface area (Å²) in [6.07, 6.45) is -0.261. The fourth-order valence-electron chi connectivity index (χ4n) is 0.620. The van der Waals surface area contributed by atoms with Crippen molar-refractivity contribution < 1.29 is 19.4 Å². The number of hydrogen-bond acceptors (Lipinski definition) is 4. The zero-order chi connectivity index (χ0) is 8.85. The molecule has 72 valence electrons. The third-order valence-corrected chi connectivity index (χ3v) is 1.21. The Morgan fingerprint density at radius 3 is 2.33 bits per heavy atom. The van der Waals surface area contributed by atoms with Crippen LogP contribution in [0.15, 0.2) is 0 Å². The summed E-state index contributed by atoms with van der Waals surface area (Å²) in [5.74, 6) is -1.59. The third kappa shape index (κ3) is 4.92. The molecule has 0 aromatic carbocycles. The van der Waals surface area contributed by atoms with Crippen LogP contribution < -0.4 is 5.32 Å². The lowest BCUT2D eigenvalue weighted by atomic mass is 10.2. The molecule has 0 aliphatic carbocycles. The first-order valence-corrected chi connectivity index (χ1v) is 3.08. The minimum Gasteiger partial charge on any atom is -0.481 e. The quantitative estimate of drug-likeness (QED) is 0.603. The van der Waals surface area contributed by atoms with Gasteiger partial charge in [0.15, 0.2) is 0 Å². The van der Waals surface area contributed by atoms with Gasteiger partial charge in [-0.3, -0.25) is 9.59 Å². The van der Waals surface area contributed by atoms with E-state index in [4.69, 9.17) is 5.11 Å². The van der Waals surface area contributed by atoms with E-state index in [-0.39, 0.29) is 18.8 Å². The van der Waals surface area contributed by atoms with Gasteiger partial charge in [0.25, 0.3) is 0 Å². The molecule has 6 heteroatoms. The molecule has 0 aromatic heterocycles. The first-order chi connectivity index (χ1) is 5.11. The summed E-state index contributed by atoms with van der Waals surface area (Å²) in [6.45, 7) is 0. The van der Waals surface area contributed by atoms with Crippen LogP contribution in [0.4, 0.5) is 0 Å². The molecule has 12 heavy (non-hydrogen) atoms. The number of carbonyl (C=O) groups excluding carboxylic acids is 1. The number of carbonyl (C=O) groups is 2. The van der Waals surface area contributed by atoms with E-state index in [9.17, 15) is 9.59 Å². The summed E-state index contributed by atoms with van der Waals surface area (Å²) < 4.78 is 4.34. The van der Waals surface area contributed by atoms with E-state index in [1.165, 1.54) is 14.2 Å². The highest BCUT2D eigenvalue weighted by Gasteiger charge is 2.19. The summed E-state index contributed by atoms with van der Waals surface area (Å²) in [7, 11) is 2.72. The number of carboxylic acid groups (broad SMARTS) is 1. The van der Waals surface area contributed by atoms with Crippen LogP contribution in [0.2, 0.25) is 0 Å². The van der Waals surface area contributed by atoms with Crippen LogP contribution in [0.25, 0.3) is 0 Å². The lowest BCUT2D eigenvalue weighted by molar-refractivity contribution is -0.148. The number of methoxy groups -OCH3 is 1. The molecule has 0 amide bonds. The standard InChI is InChI=1S/C6H11NO4.ClH/c1-7-4(3-5(8)9)6(10)11-2;/h4,7H,3H2,1-2H3,(H,8,9);1H/t4-;/m0./s1. The van der Waals surface area contributed by atoms with Crippen molar-refractivity contribution in [3.05, 3.63) is 0 Å². The van der Waals surface area contributed by atoms with Crippen LogP contribution in [0, 0.1) is 0 Å². The monoisotopic (exact) mass is 197 g/mol. The highest BCUT2D eigenvalue weighted by Crippen LogP contribution is 1.93. The Hall–Kier alpha value is -0.810. The normalized spacial score (nSPS) is 11.2. The lowest BCUT2D eigenvalue weighted by Gasteiger charge is -2.09. The van der Waals surface area contributed by atoms with Crippen molar-refractivity contribution in [3.63, 3.8) is 0 Å². The van der Waals surface area contributed by atoms with E-state index in [0.717, 1.165) is 0 Å². The van der Waals surface area contributed by atoms with Gasteiger partial charge in [-0.05, 0) is 7.05 Å². The van der Waals surface area contributed by atoms with Crippen molar-refractivity contribution >= 4 is 24.3 Å². The molecule has 0 aromatic rings. The average Bonchev–Trinajstić information content (AvgIpc) is 1.98. The van der Waals surface area contributed by atoms with Gasteiger partial charge in [0.1, 0.15) is 6.04 Å². The second-order valence-electron chi connectivity index (χ2n) is 1.96. The molecule has 0 bridgehead atoms. The van der Waals surface area contributed by atoms with Crippen LogP contribution in [-0.4, -0.2) is 37.2 Å². The predicted molar refractivity (Wildman–Crippen MR) is 44.4 cm³/mol. The number of nitrogens with one attached hydrogen (secondary N) is 1. The smallest absolute Gasteiger partial charge is 0.323 e. The first-order valence-electron chi connectivity index (χ1n) is 3.08. The Kier molecular flexibility index (Phi) is 7.88. The number of aliphatic carboxylic acids is 1. The van der Waals surface area contributed by atoms with Crippen LogP contribution in [0.1, 0.15) is 6.42 Å². The van der Waals surface area contributed by atoms with Crippen LogP contribution in [0.5, 0.6) is 0 Å². The van der Waals surface area contributed by atoms with Crippen LogP contribution >= 0.6 is 12.4 Å². The van der Waals surface area contributed by atoms with E-state index in [0.29, 0.717) is 0 Å². The summed E-state index contributed by atoms with van der Waals surface area (Å²) >= 11 is 0. The van der Waals surface area contributed by atoms with Gasteiger partial charge < -0.3 is 15.2 Å². The molecule has 0 aliphatic heterocycles. The maximum absolute atomic E-state index is 10.7. The zero-order valence-corrected chi connectivity index (χ0v) is 7.68. The molecule has 0 radical (unpaired) electrons. The molecule has 5 nitrogen and oxygen atoms in total. The molecule has 0 heterocycles. The number of carboxylic acids is 1. The fraction of sp³-hybridized carbons (Fsp3) is 0.667. The Bertz CT molecular complexity index is 162. The molecular formula is C6H12ClNO4. The van der Waals surface area contributed by atoms with E-state index in [1.807, 2.05) is 0 Å². The van der Waals surface area contributed by atoms with Crippen molar-refractivity contribution in [1.82, 2.24) is 5.32 Å². The topological polar surface area (TPSA) is 75.6 Å². The predicted octanol–water partition coefficient (Wildman–Crippen LogP) is -0.356. The average molecular weight is 198 g/mol. The second kappa shape index (κ2) is 6.87. The molecule has 1 atom stereocenters. The maximum atomic E-state index is 10.7. The van der Waals surface area contributed by atoms with E-state index >= 15 is 0 Å². The molecule has 2 N–H and O–H groups in total. The number of rotatable bonds is 4. The summed E-state index contributed by atoms with van der Waals surface area (Å²) in [6, 6.07) is -0.752. The molecule has 0 saturated carbocycles.